The summed E-state index contributed by atoms with van der Waals surface area (Å²) in [5, 5.41) is 0. The normalized spacial score (nSPS) is 15.6. The van der Waals surface area contributed by atoms with Crippen molar-refractivity contribution in [3.05, 3.63) is 11.9 Å². The molecule has 132 valence electrons. The van der Waals surface area contributed by atoms with Crippen LogP contribution in [-0.4, -0.2) is 26.3 Å². The van der Waals surface area contributed by atoms with Crippen LogP contribution in [0.3, 0.4) is 0 Å². The van der Waals surface area contributed by atoms with Crippen LogP contribution in [0.2, 0.25) is 0 Å². The first kappa shape index (κ1) is 21.2. The molecular weight excluding hydrogens is 324 g/mol. The van der Waals surface area contributed by atoms with Gasteiger partial charge in [0, 0.05) is 17.3 Å². The van der Waals surface area contributed by atoms with Crippen molar-refractivity contribution in [2.24, 2.45) is 5.41 Å². The predicted octanol–water partition coefficient (Wildman–Crippen LogP) is 2.31. The van der Waals surface area contributed by atoms with Crippen molar-refractivity contribution in [1.29, 1.82) is 0 Å². The Kier molecular flexibility index (Phi) is 5.82. The summed E-state index contributed by atoms with van der Waals surface area (Å²) in [5.41, 5.74) is -0.283. The third-order valence-corrected chi connectivity index (χ3v) is 7.16. The van der Waals surface area contributed by atoms with Gasteiger partial charge in [0.25, 0.3) is 0 Å². The van der Waals surface area contributed by atoms with E-state index in [-0.39, 0.29) is 5.70 Å². The van der Waals surface area contributed by atoms with Crippen LogP contribution >= 0.6 is 0 Å². The predicted molar refractivity (Wildman–Crippen MR) is 91.2 cm³/mol. The maximum absolute atomic E-state index is 12.3. The summed E-state index contributed by atoms with van der Waals surface area (Å²) in [6.45, 7) is 14.8. The van der Waals surface area contributed by atoms with Crippen LogP contribution in [0.25, 0.3) is 0 Å². The fourth-order valence-corrected chi connectivity index (χ4v) is 2.60. The summed E-state index contributed by atoms with van der Waals surface area (Å²) in [5.74, 6) is 0. The van der Waals surface area contributed by atoms with Crippen LogP contribution in [0.4, 0.5) is 0 Å². The highest BCUT2D eigenvalue weighted by Gasteiger charge is 2.33. The molecule has 0 saturated heterocycles. The molecule has 0 unspecified atom stereocenters. The Bertz CT molecular complexity index is 626. The van der Waals surface area contributed by atoms with Gasteiger partial charge in [0.15, 0.2) is 0 Å². The summed E-state index contributed by atoms with van der Waals surface area (Å²) in [4.78, 5) is 0. The van der Waals surface area contributed by atoms with E-state index in [4.69, 9.17) is 0 Å². The number of hydrogen-bond acceptors (Lipinski definition) is 4. The van der Waals surface area contributed by atoms with Crippen molar-refractivity contribution in [2.45, 2.75) is 71.8 Å². The molecule has 22 heavy (non-hydrogen) atoms. The largest absolute Gasteiger partial charge is 0.288 e. The maximum atomic E-state index is 12.3. The molecule has 0 fully saturated rings. The van der Waals surface area contributed by atoms with Crippen molar-refractivity contribution < 1.29 is 16.8 Å². The molecule has 0 aromatic heterocycles. The summed E-state index contributed by atoms with van der Waals surface area (Å²) in [6, 6.07) is 0. The van der Waals surface area contributed by atoms with Gasteiger partial charge in [-0.2, -0.15) is 0 Å². The van der Waals surface area contributed by atoms with Gasteiger partial charge in [0.2, 0.25) is 20.0 Å². The lowest BCUT2D eigenvalue weighted by atomic mass is 9.93. The van der Waals surface area contributed by atoms with Gasteiger partial charge in [0.1, 0.15) is 0 Å². The molecular formula is C14H30N2O4S2. The minimum absolute atomic E-state index is 0.287. The smallest absolute Gasteiger partial charge is 0.237 e. The molecule has 0 aliphatic carbocycles. The fraction of sp³-hybridized carbons (Fsp3) is 0.857. The summed E-state index contributed by atoms with van der Waals surface area (Å²) >= 11 is 0. The van der Waals surface area contributed by atoms with Crippen molar-refractivity contribution in [1.82, 2.24) is 9.44 Å². The monoisotopic (exact) mass is 354 g/mol. The molecule has 0 aromatic rings. The fourth-order valence-electron chi connectivity index (χ4n) is 1.01. The highest BCUT2D eigenvalue weighted by atomic mass is 32.2. The molecule has 2 N–H and O–H groups in total. The Morgan fingerprint density at radius 1 is 0.727 bits per heavy atom. The van der Waals surface area contributed by atoms with E-state index in [1.807, 2.05) is 0 Å². The van der Waals surface area contributed by atoms with Crippen LogP contribution in [0, 0.1) is 5.41 Å². The van der Waals surface area contributed by atoms with Crippen molar-refractivity contribution >= 4 is 20.0 Å². The molecule has 0 aliphatic heterocycles. The topological polar surface area (TPSA) is 92.3 Å². The van der Waals surface area contributed by atoms with Gasteiger partial charge in [-0.05, 0) is 41.5 Å². The van der Waals surface area contributed by atoms with Crippen LogP contribution in [-0.2, 0) is 20.0 Å². The zero-order valence-corrected chi connectivity index (χ0v) is 16.7. The van der Waals surface area contributed by atoms with Crippen molar-refractivity contribution in [3.63, 3.8) is 0 Å². The number of sulfonamides is 2. The SMILES string of the molecule is CC(C)(C)C(=CNS(=O)(=O)C(C)(C)C)NS(=O)(=O)C(C)(C)C. The van der Waals surface area contributed by atoms with Gasteiger partial charge < -0.3 is 0 Å². The third kappa shape index (κ3) is 5.46. The van der Waals surface area contributed by atoms with E-state index in [0.717, 1.165) is 0 Å². The first-order valence-corrected chi connectivity index (χ1v) is 10.0. The van der Waals surface area contributed by atoms with Crippen LogP contribution in [0.15, 0.2) is 11.9 Å². The molecule has 8 heteroatoms. The molecule has 0 heterocycles. The minimum atomic E-state index is -3.64. The maximum Gasteiger partial charge on any atom is 0.237 e. The van der Waals surface area contributed by atoms with Gasteiger partial charge in [0.05, 0.1) is 9.49 Å². The molecule has 6 nitrogen and oxygen atoms in total. The van der Waals surface area contributed by atoms with E-state index in [2.05, 4.69) is 9.44 Å². The van der Waals surface area contributed by atoms with E-state index < -0.39 is 35.0 Å². The minimum Gasteiger partial charge on any atom is -0.288 e. The van der Waals surface area contributed by atoms with E-state index in [9.17, 15) is 16.8 Å². The van der Waals surface area contributed by atoms with Gasteiger partial charge in [-0.3, -0.25) is 9.44 Å². The second-order valence-electron chi connectivity index (χ2n) is 8.26. The summed E-state index contributed by atoms with van der Waals surface area (Å²) in [6.07, 6.45) is 1.23. The first-order valence-electron chi connectivity index (χ1n) is 7.06. The highest BCUT2D eigenvalue weighted by molar-refractivity contribution is 7.91. The van der Waals surface area contributed by atoms with E-state index in [0.29, 0.717) is 0 Å². The van der Waals surface area contributed by atoms with E-state index in [1.165, 1.54) is 6.20 Å². The molecule has 0 spiro atoms. The standard InChI is InChI=1S/C14H30N2O4S2/c1-12(2,3)11(16-22(19,20)14(7,8)9)10-15-21(17,18)13(4,5)6/h10,15-16H,1-9H3. The van der Waals surface area contributed by atoms with Gasteiger partial charge in [-0.1, -0.05) is 20.8 Å². The average Bonchev–Trinajstić information content (AvgIpc) is 2.19. The van der Waals surface area contributed by atoms with E-state index in [1.54, 1.807) is 62.3 Å². The summed E-state index contributed by atoms with van der Waals surface area (Å²) < 4.78 is 51.7. The zero-order chi connectivity index (χ0) is 18.2. The lowest BCUT2D eigenvalue weighted by Gasteiger charge is -2.29. The Morgan fingerprint density at radius 2 is 1.09 bits per heavy atom. The highest BCUT2D eigenvalue weighted by Crippen LogP contribution is 2.26. The lowest BCUT2D eigenvalue weighted by molar-refractivity contribution is 0.470. The molecule has 0 rings (SSSR count). The Balaban J connectivity index is 5.69. The van der Waals surface area contributed by atoms with Gasteiger partial charge in [-0.25, -0.2) is 16.8 Å². The Hall–Kier alpha value is -0.760. The second kappa shape index (κ2) is 6.03. The van der Waals surface area contributed by atoms with Crippen LogP contribution in [0.5, 0.6) is 0 Å². The molecule has 0 radical (unpaired) electrons. The van der Waals surface area contributed by atoms with Crippen LogP contribution in [0.1, 0.15) is 62.3 Å². The van der Waals surface area contributed by atoms with Crippen LogP contribution < -0.4 is 9.44 Å². The van der Waals surface area contributed by atoms with Gasteiger partial charge >= 0.3 is 0 Å². The second-order valence-corrected chi connectivity index (χ2v) is 13.2. The molecule has 0 bridgehead atoms. The Labute approximate surface area is 135 Å². The number of hydrogen-bond donors (Lipinski definition) is 2. The number of rotatable bonds is 4. The molecule has 0 amide bonds. The number of nitrogens with one attached hydrogen (secondary N) is 2. The average molecular weight is 355 g/mol. The Morgan fingerprint density at radius 3 is 1.36 bits per heavy atom. The zero-order valence-electron chi connectivity index (χ0n) is 15.0. The van der Waals surface area contributed by atoms with Gasteiger partial charge in [-0.15, -0.1) is 0 Å². The third-order valence-electron chi connectivity index (χ3n) is 3.02. The molecule has 0 atom stereocenters. The van der Waals surface area contributed by atoms with Crippen molar-refractivity contribution in [2.75, 3.05) is 0 Å². The van der Waals surface area contributed by atoms with E-state index >= 15 is 0 Å². The summed E-state index contributed by atoms with van der Waals surface area (Å²) in [7, 11) is -7.24. The number of allylic oxidation sites excluding steroid dienone is 1. The lowest BCUT2D eigenvalue weighted by Crippen LogP contribution is -2.43. The quantitative estimate of drug-likeness (QED) is 0.810. The molecule has 0 saturated carbocycles. The molecule has 0 aromatic carbocycles. The van der Waals surface area contributed by atoms with Crippen molar-refractivity contribution in [3.8, 4) is 0 Å². The first-order chi connectivity index (χ1) is 9.31. The molecule has 0 aliphatic rings.